The van der Waals surface area contributed by atoms with Crippen LogP contribution in [0.25, 0.3) is 0 Å². The standard InChI is InChI=1S/C10H20N2O/c1-2-3-6-10(13)12-7-4-5-9(11)8-12/h9H,2-8,11H2,1H3/t9-/m1/s1. The minimum atomic E-state index is 0.208. The van der Waals surface area contributed by atoms with Crippen molar-refractivity contribution < 1.29 is 4.79 Å². The van der Waals surface area contributed by atoms with Crippen LogP contribution in [0, 0.1) is 0 Å². The molecule has 1 heterocycles. The van der Waals surface area contributed by atoms with Crippen LogP contribution in [-0.4, -0.2) is 29.9 Å². The first-order chi connectivity index (χ1) is 6.24. The molecule has 1 aliphatic heterocycles. The first-order valence-electron chi connectivity index (χ1n) is 5.27. The molecule has 1 aliphatic rings. The van der Waals surface area contributed by atoms with Gasteiger partial charge in [-0.05, 0) is 19.3 Å². The van der Waals surface area contributed by atoms with Crippen molar-refractivity contribution in [2.75, 3.05) is 13.1 Å². The molecule has 3 nitrogen and oxygen atoms in total. The Morgan fingerprint density at radius 3 is 3.00 bits per heavy atom. The van der Waals surface area contributed by atoms with Crippen LogP contribution in [0.1, 0.15) is 39.0 Å². The fourth-order valence-corrected chi connectivity index (χ4v) is 1.72. The van der Waals surface area contributed by atoms with Crippen molar-refractivity contribution in [3.05, 3.63) is 0 Å². The zero-order valence-corrected chi connectivity index (χ0v) is 8.46. The largest absolute Gasteiger partial charge is 0.341 e. The molecule has 0 aromatic carbocycles. The number of rotatable bonds is 3. The molecule has 1 rings (SSSR count). The monoisotopic (exact) mass is 184 g/mol. The van der Waals surface area contributed by atoms with Crippen molar-refractivity contribution in [2.45, 2.75) is 45.1 Å². The summed E-state index contributed by atoms with van der Waals surface area (Å²) in [5.41, 5.74) is 5.80. The Morgan fingerprint density at radius 2 is 2.38 bits per heavy atom. The molecule has 1 amide bonds. The lowest BCUT2D eigenvalue weighted by Crippen LogP contribution is -2.45. The van der Waals surface area contributed by atoms with E-state index in [1.807, 2.05) is 4.90 Å². The fourth-order valence-electron chi connectivity index (χ4n) is 1.72. The van der Waals surface area contributed by atoms with E-state index in [0.29, 0.717) is 6.42 Å². The van der Waals surface area contributed by atoms with Gasteiger partial charge in [0, 0.05) is 25.6 Å². The molecular weight excluding hydrogens is 164 g/mol. The first-order valence-corrected chi connectivity index (χ1v) is 5.27. The number of hydrogen-bond acceptors (Lipinski definition) is 2. The molecule has 0 unspecified atom stereocenters. The zero-order chi connectivity index (χ0) is 9.68. The number of likely N-dealkylation sites (tertiary alicyclic amines) is 1. The van der Waals surface area contributed by atoms with Crippen LogP contribution in [0.3, 0.4) is 0 Å². The SMILES string of the molecule is CCCCC(=O)N1CCC[C@@H](N)C1. The van der Waals surface area contributed by atoms with Crippen molar-refractivity contribution in [1.82, 2.24) is 4.90 Å². The van der Waals surface area contributed by atoms with E-state index in [9.17, 15) is 4.79 Å². The van der Waals surface area contributed by atoms with E-state index >= 15 is 0 Å². The van der Waals surface area contributed by atoms with Gasteiger partial charge in [0.15, 0.2) is 0 Å². The lowest BCUT2D eigenvalue weighted by Gasteiger charge is -2.30. The summed E-state index contributed by atoms with van der Waals surface area (Å²) in [6.45, 7) is 3.79. The molecule has 1 fully saturated rings. The number of amides is 1. The van der Waals surface area contributed by atoms with Gasteiger partial charge in [-0.25, -0.2) is 0 Å². The van der Waals surface area contributed by atoms with Gasteiger partial charge < -0.3 is 10.6 Å². The highest BCUT2D eigenvalue weighted by Crippen LogP contribution is 2.10. The lowest BCUT2D eigenvalue weighted by atomic mass is 10.1. The second-order valence-electron chi connectivity index (χ2n) is 3.85. The Bertz CT molecular complexity index is 170. The highest BCUT2D eigenvalue weighted by molar-refractivity contribution is 5.76. The van der Waals surface area contributed by atoms with E-state index in [2.05, 4.69) is 6.92 Å². The molecule has 1 atom stereocenters. The van der Waals surface area contributed by atoms with Crippen LogP contribution in [0.15, 0.2) is 0 Å². The van der Waals surface area contributed by atoms with Gasteiger partial charge in [0.25, 0.3) is 0 Å². The van der Waals surface area contributed by atoms with Gasteiger partial charge in [-0.3, -0.25) is 4.79 Å². The van der Waals surface area contributed by atoms with Crippen molar-refractivity contribution in [3.8, 4) is 0 Å². The summed E-state index contributed by atoms with van der Waals surface area (Å²) < 4.78 is 0. The number of piperidine rings is 1. The smallest absolute Gasteiger partial charge is 0.222 e. The molecule has 0 aromatic rings. The average molecular weight is 184 g/mol. The van der Waals surface area contributed by atoms with Crippen molar-refractivity contribution >= 4 is 5.91 Å². The van der Waals surface area contributed by atoms with E-state index < -0.39 is 0 Å². The maximum Gasteiger partial charge on any atom is 0.222 e. The normalized spacial score (nSPS) is 23.2. The van der Waals surface area contributed by atoms with Gasteiger partial charge in [0.05, 0.1) is 0 Å². The highest BCUT2D eigenvalue weighted by Gasteiger charge is 2.20. The van der Waals surface area contributed by atoms with Crippen LogP contribution in [0.4, 0.5) is 0 Å². The Kier molecular flexibility index (Phi) is 4.22. The number of carbonyl (C=O) groups is 1. The molecule has 0 saturated carbocycles. The third kappa shape index (κ3) is 3.35. The second-order valence-corrected chi connectivity index (χ2v) is 3.85. The Labute approximate surface area is 80.3 Å². The van der Waals surface area contributed by atoms with Gasteiger partial charge in [-0.15, -0.1) is 0 Å². The molecule has 0 bridgehead atoms. The maximum atomic E-state index is 11.6. The number of hydrogen-bond donors (Lipinski definition) is 1. The van der Waals surface area contributed by atoms with Crippen LogP contribution < -0.4 is 5.73 Å². The van der Waals surface area contributed by atoms with Crippen molar-refractivity contribution in [2.24, 2.45) is 5.73 Å². The van der Waals surface area contributed by atoms with Gasteiger partial charge in [-0.1, -0.05) is 13.3 Å². The lowest BCUT2D eigenvalue weighted by molar-refractivity contribution is -0.132. The molecule has 13 heavy (non-hydrogen) atoms. The van der Waals surface area contributed by atoms with Crippen molar-refractivity contribution in [3.63, 3.8) is 0 Å². The van der Waals surface area contributed by atoms with E-state index in [1.54, 1.807) is 0 Å². The quantitative estimate of drug-likeness (QED) is 0.714. The Hall–Kier alpha value is -0.570. The average Bonchev–Trinajstić information content (AvgIpc) is 2.14. The Morgan fingerprint density at radius 1 is 1.62 bits per heavy atom. The van der Waals surface area contributed by atoms with E-state index in [4.69, 9.17) is 5.73 Å². The molecular formula is C10H20N2O. The van der Waals surface area contributed by atoms with Gasteiger partial charge in [0.1, 0.15) is 0 Å². The number of unbranched alkanes of at least 4 members (excludes halogenated alkanes) is 1. The highest BCUT2D eigenvalue weighted by atomic mass is 16.2. The van der Waals surface area contributed by atoms with Crippen LogP contribution in [0.2, 0.25) is 0 Å². The first kappa shape index (κ1) is 10.5. The summed E-state index contributed by atoms with van der Waals surface area (Å²) in [6.07, 6.45) is 4.93. The molecule has 0 spiro atoms. The number of carbonyl (C=O) groups excluding carboxylic acids is 1. The maximum absolute atomic E-state index is 11.6. The minimum absolute atomic E-state index is 0.208. The van der Waals surface area contributed by atoms with Gasteiger partial charge >= 0.3 is 0 Å². The predicted molar refractivity (Wildman–Crippen MR) is 53.3 cm³/mol. The molecule has 76 valence electrons. The molecule has 0 aromatic heterocycles. The topological polar surface area (TPSA) is 46.3 Å². The summed E-state index contributed by atoms with van der Waals surface area (Å²) in [7, 11) is 0. The molecule has 0 radical (unpaired) electrons. The van der Waals surface area contributed by atoms with E-state index in [0.717, 1.165) is 38.8 Å². The third-order valence-electron chi connectivity index (χ3n) is 2.55. The Balaban J connectivity index is 2.28. The van der Waals surface area contributed by atoms with Crippen molar-refractivity contribution in [1.29, 1.82) is 0 Å². The van der Waals surface area contributed by atoms with E-state index in [-0.39, 0.29) is 11.9 Å². The molecule has 0 aliphatic carbocycles. The zero-order valence-electron chi connectivity index (χ0n) is 8.46. The second kappa shape index (κ2) is 5.22. The summed E-state index contributed by atoms with van der Waals surface area (Å²) in [4.78, 5) is 13.5. The number of nitrogens with zero attached hydrogens (tertiary/aromatic N) is 1. The van der Waals surface area contributed by atoms with Gasteiger partial charge in [-0.2, -0.15) is 0 Å². The van der Waals surface area contributed by atoms with Gasteiger partial charge in [0.2, 0.25) is 5.91 Å². The predicted octanol–water partition coefficient (Wildman–Crippen LogP) is 1.13. The summed E-state index contributed by atoms with van der Waals surface area (Å²) in [6, 6.07) is 0.208. The molecule has 3 heteroatoms. The number of nitrogens with two attached hydrogens (primary N) is 1. The van der Waals surface area contributed by atoms with Crippen LogP contribution in [0.5, 0.6) is 0 Å². The summed E-state index contributed by atoms with van der Waals surface area (Å²) >= 11 is 0. The fraction of sp³-hybridized carbons (Fsp3) is 0.900. The molecule has 2 N–H and O–H groups in total. The molecule has 1 saturated heterocycles. The summed E-state index contributed by atoms with van der Waals surface area (Å²) in [5, 5.41) is 0. The summed E-state index contributed by atoms with van der Waals surface area (Å²) in [5.74, 6) is 0.289. The minimum Gasteiger partial charge on any atom is -0.341 e. The van der Waals surface area contributed by atoms with Crippen LogP contribution in [-0.2, 0) is 4.79 Å². The van der Waals surface area contributed by atoms with E-state index in [1.165, 1.54) is 0 Å². The third-order valence-corrected chi connectivity index (χ3v) is 2.55. The van der Waals surface area contributed by atoms with Crippen LogP contribution >= 0.6 is 0 Å².